The van der Waals surface area contributed by atoms with Gasteiger partial charge in [-0.3, -0.25) is 0 Å². The first-order valence-corrected chi connectivity index (χ1v) is 8.07. The Labute approximate surface area is 123 Å². The Kier molecular flexibility index (Phi) is 5.14. The molecule has 3 heteroatoms. The van der Waals surface area contributed by atoms with Gasteiger partial charge in [-0.15, -0.1) is 0 Å². The van der Waals surface area contributed by atoms with Gasteiger partial charge in [-0.1, -0.05) is 34.1 Å². The Hall–Kier alpha value is -0.960. The van der Waals surface area contributed by atoms with Gasteiger partial charge in [0.1, 0.15) is 6.33 Å². The fraction of sp³-hybridized carbons (Fsp3) is 0.765. The number of fused-ring (bicyclic) bond motifs is 1. The molecule has 1 atom stereocenters. The number of likely N-dealkylation sites (N-methyl/N-ethyl adjacent to an activating group) is 1. The molecule has 20 heavy (non-hydrogen) atoms. The number of aryl methyl sites for hydroxylation is 1. The molecular weight excluding hydrogens is 246 g/mol. The van der Waals surface area contributed by atoms with Crippen LogP contribution in [0, 0.1) is 5.41 Å². The van der Waals surface area contributed by atoms with E-state index in [2.05, 4.69) is 43.0 Å². The number of hydrogen-bond acceptors (Lipinski definition) is 3. The summed E-state index contributed by atoms with van der Waals surface area (Å²) in [6, 6.07) is 0.467. The smallest absolute Gasteiger partial charge is 0.115 e. The highest BCUT2D eigenvalue weighted by molar-refractivity contribution is 5.27. The quantitative estimate of drug-likeness (QED) is 0.857. The molecule has 0 bridgehead atoms. The molecule has 112 valence electrons. The maximum absolute atomic E-state index is 4.62. The van der Waals surface area contributed by atoms with Gasteiger partial charge in [-0.2, -0.15) is 0 Å². The van der Waals surface area contributed by atoms with E-state index >= 15 is 0 Å². The van der Waals surface area contributed by atoms with Gasteiger partial charge in [0.2, 0.25) is 0 Å². The minimum atomic E-state index is 0.249. The first-order chi connectivity index (χ1) is 9.52. The van der Waals surface area contributed by atoms with E-state index in [9.17, 15) is 0 Å². The van der Waals surface area contributed by atoms with Crippen molar-refractivity contribution in [2.45, 2.75) is 72.3 Å². The first kappa shape index (κ1) is 15.4. The summed E-state index contributed by atoms with van der Waals surface area (Å²) in [7, 11) is 0. The van der Waals surface area contributed by atoms with Crippen LogP contribution in [-0.2, 0) is 19.3 Å². The zero-order valence-electron chi connectivity index (χ0n) is 13.5. The molecule has 0 spiro atoms. The lowest BCUT2D eigenvalue weighted by Crippen LogP contribution is -2.42. The number of hydrogen-bond donors (Lipinski definition) is 1. The van der Waals surface area contributed by atoms with Gasteiger partial charge in [0.05, 0.1) is 0 Å². The monoisotopic (exact) mass is 275 g/mol. The second-order valence-corrected chi connectivity index (χ2v) is 6.99. The molecule has 0 radical (unpaired) electrons. The molecule has 1 aliphatic carbocycles. The summed E-state index contributed by atoms with van der Waals surface area (Å²) in [4.78, 5) is 9.14. The molecule has 0 aromatic carbocycles. The largest absolute Gasteiger partial charge is 0.313 e. The SMILES string of the molecule is CCNC(Cc1ncnc2c1CCCCC2)C(C)(C)C. The molecule has 0 aliphatic heterocycles. The van der Waals surface area contributed by atoms with Crippen molar-refractivity contribution in [2.24, 2.45) is 5.41 Å². The van der Waals surface area contributed by atoms with E-state index in [1.807, 2.05) is 0 Å². The van der Waals surface area contributed by atoms with Crippen molar-refractivity contribution in [1.29, 1.82) is 0 Å². The lowest BCUT2D eigenvalue weighted by molar-refractivity contribution is 0.268. The number of rotatable bonds is 4. The van der Waals surface area contributed by atoms with Crippen LogP contribution in [-0.4, -0.2) is 22.6 Å². The fourth-order valence-corrected chi connectivity index (χ4v) is 3.07. The second kappa shape index (κ2) is 6.66. The summed E-state index contributed by atoms with van der Waals surface area (Å²) in [5.41, 5.74) is 4.27. The van der Waals surface area contributed by atoms with Gasteiger partial charge in [0.15, 0.2) is 0 Å². The molecule has 0 amide bonds. The predicted molar refractivity (Wildman–Crippen MR) is 83.9 cm³/mol. The highest BCUT2D eigenvalue weighted by Crippen LogP contribution is 2.26. The van der Waals surface area contributed by atoms with E-state index in [0.29, 0.717) is 6.04 Å². The van der Waals surface area contributed by atoms with Crippen molar-refractivity contribution in [3.05, 3.63) is 23.3 Å². The van der Waals surface area contributed by atoms with E-state index in [-0.39, 0.29) is 5.41 Å². The molecule has 1 aliphatic rings. The van der Waals surface area contributed by atoms with Crippen LogP contribution >= 0.6 is 0 Å². The standard InChI is InChI=1S/C17H29N3/c1-5-18-16(17(2,3)4)11-15-13-9-7-6-8-10-14(13)19-12-20-15/h12,16,18H,5-11H2,1-4H3. The topological polar surface area (TPSA) is 37.8 Å². The van der Waals surface area contributed by atoms with Gasteiger partial charge in [-0.25, -0.2) is 9.97 Å². The Morgan fingerprint density at radius 2 is 1.90 bits per heavy atom. The Morgan fingerprint density at radius 3 is 2.60 bits per heavy atom. The summed E-state index contributed by atoms with van der Waals surface area (Å²) in [5.74, 6) is 0. The third kappa shape index (κ3) is 3.78. The number of aromatic nitrogens is 2. The lowest BCUT2D eigenvalue weighted by atomic mass is 9.83. The molecule has 0 saturated heterocycles. The van der Waals surface area contributed by atoms with Crippen LogP contribution < -0.4 is 5.32 Å². The molecule has 1 unspecified atom stereocenters. The molecule has 0 fully saturated rings. The maximum Gasteiger partial charge on any atom is 0.115 e. The Bertz CT molecular complexity index is 434. The summed E-state index contributed by atoms with van der Waals surface area (Å²) >= 11 is 0. The van der Waals surface area contributed by atoms with Crippen molar-refractivity contribution in [2.75, 3.05) is 6.54 Å². The molecule has 1 N–H and O–H groups in total. The van der Waals surface area contributed by atoms with E-state index in [1.165, 1.54) is 36.2 Å². The first-order valence-electron chi connectivity index (χ1n) is 8.07. The molecule has 3 nitrogen and oxygen atoms in total. The number of nitrogens with zero attached hydrogens (tertiary/aromatic N) is 2. The average Bonchev–Trinajstić information content (AvgIpc) is 2.63. The normalized spacial score (nSPS) is 17.4. The van der Waals surface area contributed by atoms with Gasteiger partial charge in [0.25, 0.3) is 0 Å². The van der Waals surface area contributed by atoms with Crippen LogP contribution in [0.15, 0.2) is 6.33 Å². The highest BCUT2D eigenvalue weighted by atomic mass is 14.9. The third-order valence-corrected chi connectivity index (χ3v) is 4.36. The van der Waals surface area contributed by atoms with Crippen molar-refractivity contribution >= 4 is 0 Å². The van der Waals surface area contributed by atoms with Crippen molar-refractivity contribution in [3.63, 3.8) is 0 Å². The van der Waals surface area contributed by atoms with Crippen molar-refractivity contribution in [3.8, 4) is 0 Å². The second-order valence-electron chi connectivity index (χ2n) is 6.99. The zero-order chi connectivity index (χ0) is 14.6. The summed E-state index contributed by atoms with van der Waals surface area (Å²) in [5, 5.41) is 3.63. The molecule has 1 aromatic rings. The minimum absolute atomic E-state index is 0.249. The third-order valence-electron chi connectivity index (χ3n) is 4.36. The van der Waals surface area contributed by atoms with Gasteiger partial charge < -0.3 is 5.32 Å². The summed E-state index contributed by atoms with van der Waals surface area (Å²) in [6.45, 7) is 10.1. The maximum atomic E-state index is 4.62. The Morgan fingerprint density at radius 1 is 1.15 bits per heavy atom. The molecule has 1 heterocycles. The van der Waals surface area contributed by atoms with E-state index in [1.54, 1.807) is 6.33 Å². The summed E-state index contributed by atoms with van der Waals surface area (Å²) in [6.07, 6.45) is 8.97. The fourth-order valence-electron chi connectivity index (χ4n) is 3.07. The van der Waals surface area contributed by atoms with E-state index in [4.69, 9.17) is 0 Å². The number of nitrogens with one attached hydrogen (secondary N) is 1. The van der Waals surface area contributed by atoms with Gasteiger partial charge in [0, 0.05) is 23.9 Å². The van der Waals surface area contributed by atoms with Gasteiger partial charge >= 0.3 is 0 Å². The minimum Gasteiger partial charge on any atom is -0.313 e. The predicted octanol–water partition coefficient (Wildman–Crippen LogP) is 3.31. The van der Waals surface area contributed by atoms with Gasteiger partial charge in [-0.05, 0) is 43.2 Å². The lowest BCUT2D eigenvalue weighted by Gasteiger charge is -2.32. The van der Waals surface area contributed by atoms with Crippen LogP contribution in [0.5, 0.6) is 0 Å². The van der Waals surface area contributed by atoms with Crippen molar-refractivity contribution in [1.82, 2.24) is 15.3 Å². The molecular formula is C17H29N3. The van der Waals surface area contributed by atoms with E-state index in [0.717, 1.165) is 25.8 Å². The molecule has 0 saturated carbocycles. The van der Waals surface area contributed by atoms with E-state index < -0.39 is 0 Å². The highest BCUT2D eigenvalue weighted by Gasteiger charge is 2.26. The zero-order valence-corrected chi connectivity index (χ0v) is 13.5. The van der Waals surface area contributed by atoms with Crippen molar-refractivity contribution < 1.29 is 0 Å². The molecule has 2 rings (SSSR count). The van der Waals surface area contributed by atoms with Crippen LogP contribution in [0.25, 0.3) is 0 Å². The van der Waals surface area contributed by atoms with Crippen LogP contribution in [0.1, 0.15) is 63.9 Å². The average molecular weight is 275 g/mol. The molecule has 1 aromatic heterocycles. The Balaban J connectivity index is 2.24. The summed E-state index contributed by atoms with van der Waals surface area (Å²) < 4.78 is 0. The van der Waals surface area contributed by atoms with Crippen LogP contribution in [0.2, 0.25) is 0 Å². The van der Waals surface area contributed by atoms with Crippen LogP contribution in [0.3, 0.4) is 0 Å². The van der Waals surface area contributed by atoms with Crippen LogP contribution in [0.4, 0.5) is 0 Å².